The van der Waals surface area contributed by atoms with E-state index in [0.29, 0.717) is 43.0 Å². The van der Waals surface area contributed by atoms with Crippen molar-refractivity contribution >= 4 is 45.8 Å². The molecule has 1 N–H and O–H groups in total. The molecule has 4 rings (SSSR count). The number of hydrogen-bond donors (Lipinski definition) is 1. The Kier molecular flexibility index (Phi) is 6.47. The average molecular weight is 444 g/mol. The minimum Gasteiger partial charge on any atom is -0.444 e. The fourth-order valence-corrected chi connectivity index (χ4v) is 5.39. The Labute approximate surface area is 182 Å². The summed E-state index contributed by atoms with van der Waals surface area (Å²) in [6.07, 6.45) is 6.17. The number of nitrogens with one attached hydrogen (secondary N) is 1. The molecule has 0 aromatic carbocycles. The molecule has 1 aliphatic carbocycles. The number of carbonyl (C=O) groups is 2. The summed E-state index contributed by atoms with van der Waals surface area (Å²) in [6, 6.07) is 6.07. The molecule has 1 atom stereocenters. The first kappa shape index (κ1) is 20.6. The van der Waals surface area contributed by atoms with Crippen molar-refractivity contribution in [2.24, 2.45) is 0 Å². The third-order valence-corrected chi connectivity index (χ3v) is 6.99. The highest BCUT2D eigenvalue weighted by atomic mass is 32.1. The van der Waals surface area contributed by atoms with Gasteiger partial charge >= 0.3 is 6.09 Å². The van der Waals surface area contributed by atoms with Crippen molar-refractivity contribution < 1.29 is 19.2 Å². The van der Waals surface area contributed by atoms with E-state index in [1.165, 1.54) is 22.5 Å². The van der Waals surface area contributed by atoms with Crippen LogP contribution in [0.3, 0.4) is 0 Å². The second-order valence-corrected chi connectivity index (χ2v) is 9.13. The maximum atomic E-state index is 12.3. The van der Waals surface area contributed by atoms with Crippen LogP contribution >= 0.6 is 22.7 Å². The van der Waals surface area contributed by atoms with Crippen LogP contribution in [0.4, 0.5) is 9.80 Å². The van der Waals surface area contributed by atoms with Gasteiger partial charge in [0.05, 0.1) is 18.7 Å². The van der Waals surface area contributed by atoms with Crippen molar-refractivity contribution in [3.8, 4) is 6.07 Å². The Morgan fingerprint density at radius 1 is 1.40 bits per heavy atom. The molecule has 0 bridgehead atoms. The summed E-state index contributed by atoms with van der Waals surface area (Å²) in [7, 11) is 0. The van der Waals surface area contributed by atoms with Crippen molar-refractivity contribution in [3.63, 3.8) is 0 Å². The average Bonchev–Trinajstić information content (AvgIpc) is 3.39. The summed E-state index contributed by atoms with van der Waals surface area (Å²) in [5.74, 6) is -0.274. The number of nitriles is 1. The van der Waals surface area contributed by atoms with Gasteiger partial charge in [-0.2, -0.15) is 10.3 Å². The Morgan fingerprint density at radius 3 is 3.03 bits per heavy atom. The standard InChI is InChI=1S/C21H21N3O4S2/c22-13-17-16-7-5-14(28-21(26)24-9-1-2-10-27-24)12-18(16)30-20(17)23-19(25)8-6-15-4-3-11-29-15/h3-4,6,8,11,14H,1-2,5,7,9-10,12H2,(H,23,25). The van der Waals surface area contributed by atoms with Crippen LogP contribution in [-0.2, 0) is 27.2 Å². The molecule has 3 heterocycles. The Hall–Kier alpha value is -2.67. The summed E-state index contributed by atoms with van der Waals surface area (Å²) >= 11 is 2.93. The normalized spacial score (nSPS) is 18.6. The number of amides is 2. The van der Waals surface area contributed by atoms with Crippen LogP contribution in [0.1, 0.15) is 40.1 Å². The van der Waals surface area contributed by atoms with Gasteiger partial charge in [-0.05, 0) is 48.8 Å². The molecule has 30 heavy (non-hydrogen) atoms. The number of hydroxylamine groups is 2. The molecule has 156 valence electrons. The third-order valence-electron chi connectivity index (χ3n) is 4.98. The van der Waals surface area contributed by atoms with Crippen LogP contribution in [0.5, 0.6) is 0 Å². The van der Waals surface area contributed by atoms with Gasteiger partial charge in [0.2, 0.25) is 5.91 Å². The molecule has 7 nitrogen and oxygen atoms in total. The van der Waals surface area contributed by atoms with Gasteiger partial charge in [0.15, 0.2) is 0 Å². The summed E-state index contributed by atoms with van der Waals surface area (Å²) < 4.78 is 5.62. The first-order valence-electron chi connectivity index (χ1n) is 9.82. The van der Waals surface area contributed by atoms with Crippen LogP contribution in [-0.4, -0.2) is 36.3 Å². The van der Waals surface area contributed by atoms with E-state index in [4.69, 9.17) is 9.57 Å². The van der Waals surface area contributed by atoms with Gasteiger partial charge in [0.25, 0.3) is 0 Å². The Morgan fingerprint density at radius 2 is 2.30 bits per heavy atom. The van der Waals surface area contributed by atoms with Gasteiger partial charge in [-0.15, -0.1) is 22.7 Å². The highest BCUT2D eigenvalue weighted by molar-refractivity contribution is 7.16. The minimum absolute atomic E-state index is 0.261. The largest absolute Gasteiger partial charge is 0.444 e. The molecule has 2 amide bonds. The molecule has 0 radical (unpaired) electrons. The van der Waals surface area contributed by atoms with E-state index in [0.717, 1.165) is 28.2 Å². The predicted octanol–water partition coefficient (Wildman–Crippen LogP) is 4.35. The monoisotopic (exact) mass is 443 g/mol. The second-order valence-electron chi connectivity index (χ2n) is 7.05. The van der Waals surface area contributed by atoms with E-state index >= 15 is 0 Å². The lowest BCUT2D eigenvalue weighted by atomic mass is 9.94. The maximum Gasteiger partial charge on any atom is 0.434 e. The minimum atomic E-state index is -0.451. The zero-order chi connectivity index (χ0) is 20.9. The van der Waals surface area contributed by atoms with Crippen LogP contribution in [0.25, 0.3) is 6.08 Å². The molecule has 2 aliphatic rings. The maximum absolute atomic E-state index is 12.3. The molecule has 1 fully saturated rings. The molecule has 0 saturated carbocycles. The molecule has 1 unspecified atom stereocenters. The summed E-state index contributed by atoms with van der Waals surface area (Å²) in [6.45, 7) is 1.08. The van der Waals surface area contributed by atoms with Crippen molar-refractivity contribution in [1.82, 2.24) is 5.06 Å². The summed E-state index contributed by atoms with van der Waals surface area (Å²) in [5, 5.41) is 16.2. The molecule has 9 heteroatoms. The van der Waals surface area contributed by atoms with Crippen molar-refractivity contribution in [3.05, 3.63) is 44.5 Å². The van der Waals surface area contributed by atoms with Gasteiger partial charge in [-0.1, -0.05) is 6.07 Å². The van der Waals surface area contributed by atoms with Crippen molar-refractivity contribution in [2.75, 3.05) is 18.5 Å². The van der Waals surface area contributed by atoms with Gasteiger partial charge < -0.3 is 10.1 Å². The molecular weight excluding hydrogens is 422 g/mol. The number of ether oxygens (including phenoxy) is 1. The first-order valence-corrected chi connectivity index (χ1v) is 11.5. The fraction of sp³-hybridized carbons (Fsp3) is 0.381. The number of nitrogens with zero attached hydrogens (tertiary/aromatic N) is 2. The predicted molar refractivity (Wildman–Crippen MR) is 115 cm³/mol. The first-order chi connectivity index (χ1) is 14.6. The van der Waals surface area contributed by atoms with Crippen LogP contribution in [0.15, 0.2) is 23.6 Å². The van der Waals surface area contributed by atoms with Crippen molar-refractivity contribution in [1.29, 1.82) is 5.26 Å². The lowest BCUT2D eigenvalue weighted by Crippen LogP contribution is -2.39. The van der Waals surface area contributed by atoms with Crippen LogP contribution < -0.4 is 5.32 Å². The zero-order valence-corrected chi connectivity index (χ0v) is 17.9. The second kappa shape index (κ2) is 9.43. The van der Waals surface area contributed by atoms with Crippen LogP contribution in [0.2, 0.25) is 0 Å². The van der Waals surface area contributed by atoms with E-state index in [1.54, 1.807) is 17.4 Å². The topological polar surface area (TPSA) is 91.7 Å². The molecule has 0 spiro atoms. The van der Waals surface area contributed by atoms with Gasteiger partial charge in [-0.25, -0.2) is 4.79 Å². The molecule has 2 aromatic rings. The fourth-order valence-electron chi connectivity index (χ4n) is 3.50. The highest BCUT2D eigenvalue weighted by Gasteiger charge is 2.30. The SMILES string of the molecule is N#Cc1c(NC(=O)C=Cc2cccs2)sc2c1CCC(OC(=O)N1CCCCO1)C2. The number of hydrogen-bond acceptors (Lipinski definition) is 7. The van der Waals surface area contributed by atoms with E-state index < -0.39 is 6.09 Å². The number of anilines is 1. The summed E-state index contributed by atoms with van der Waals surface area (Å²) in [5.41, 5.74) is 1.46. The number of carbonyl (C=O) groups excluding carboxylic acids is 2. The van der Waals surface area contributed by atoms with E-state index in [-0.39, 0.29) is 12.0 Å². The Bertz CT molecular complexity index is 985. The van der Waals surface area contributed by atoms with Gasteiger partial charge in [0, 0.05) is 22.3 Å². The quantitative estimate of drug-likeness (QED) is 0.709. The van der Waals surface area contributed by atoms with Crippen molar-refractivity contribution in [2.45, 2.75) is 38.2 Å². The third kappa shape index (κ3) is 4.73. The van der Waals surface area contributed by atoms with E-state index in [2.05, 4.69) is 11.4 Å². The number of rotatable bonds is 4. The van der Waals surface area contributed by atoms with Gasteiger partial charge in [-0.3, -0.25) is 9.63 Å². The lowest BCUT2D eigenvalue weighted by Gasteiger charge is -2.28. The smallest absolute Gasteiger partial charge is 0.434 e. The zero-order valence-electron chi connectivity index (χ0n) is 16.3. The molecular formula is C21H21N3O4S2. The number of thiophene rings is 2. The molecule has 1 aliphatic heterocycles. The van der Waals surface area contributed by atoms with Crippen LogP contribution in [0, 0.1) is 11.3 Å². The van der Waals surface area contributed by atoms with Gasteiger partial charge in [0.1, 0.15) is 17.2 Å². The highest BCUT2D eigenvalue weighted by Crippen LogP contribution is 2.38. The van der Waals surface area contributed by atoms with E-state index in [1.807, 2.05) is 17.5 Å². The Balaban J connectivity index is 1.41. The lowest BCUT2D eigenvalue weighted by molar-refractivity contribution is -0.161. The molecule has 2 aromatic heterocycles. The van der Waals surface area contributed by atoms with E-state index in [9.17, 15) is 14.9 Å². The summed E-state index contributed by atoms with van der Waals surface area (Å²) in [4.78, 5) is 31.9. The number of fused-ring (bicyclic) bond motifs is 1. The molecule has 1 saturated heterocycles.